The van der Waals surface area contributed by atoms with Gasteiger partial charge in [-0.25, -0.2) is 0 Å². The van der Waals surface area contributed by atoms with Crippen LogP contribution in [-0.2, 0) is 25.7 Å². The number of rotatable bonds is 4. The Kier molecular flexibility index (Phi) is 5.34. The second-order valence-electron chi connectivity index (χ2n) is 3.88. The molecule has 5 heteroatoms. The fourth-order valence-corrected chi connectivity index (χ4v) is 2.00. The smallest absolute Gasteiger partial charge is 0.303 e. The minimum atomic E-state index is -0.374. The molecule has 1 atom stereocenters. The minimum absolute atomic E-state index is 0.162. The molecule has 0 aromatic heterocycles. The highest BCUT2D eigenvalue weighted by Gasteiger charge is 2.14. The zero-order valence-electron chi connectivity index (χ0n) is 10.5. The number of benzene rings is 1. The van der Waals surface area contributed by atoms with Crippen molar-refractivity contribution in [3.05, 3.63) is 33.8 Å². The Hall–Kier alpha value is -1.36. The van der Waals surface area contributed by atoms with E-state index in [2.05, 4.69) is 15.9 Å². The molecule has 0 spiro atoms. The van der Waals surface area contributed by atoms with Gasteiger partial charge in [0.1, 0.15) is 12.7 Å². The molecule has 0 aliphatic carbocycles. The largest absolute Gasteiger partial charge is 0.461 e. The van der Waals surface area contributed by atoms with Gasteiger partial charge in [-0.05, 0) is 30.2 Å². The summed E-state index contributed by atoms with van der Waals surface area (Å²) in [6, 6.07) is 5.54. The first-order valence-electron chi connectivity index (χ1n) is 5.49. The highest BCUT2D eigenvalue weighted by molar-refractivity contribution is 9.10. The van der Waals surface area contributed by atoms with Crippen molar-refractivity contribution in [2.45, 2.75) is 33.5 Å². The Labute approximate surface area is 114 Å². The number of carbonyl (C=O) groups excluding carboxylic acids is 2. The molecule has 0 aliphatic rings. The number of halogens is 1. The zero-order valence-corrected chi connectivity index (χ0v) is 12.1. The highest BCUT2D eigenvalue weighted by Crippen LogP contribution is 2.25. The van der Waals surface area contributed by atoms with Gasteiger partial charge < -0.3 is 9.47 Å². The van der Waals surface area contributed by atoms with Gasteiger partial charge >= 0.3 is 11.9 Å². The first-order chi connectivity index (χ1) is 8.40. The van der Waals surface area contributed by atoms with Crippen LogP contribution in [0.25, 0.3) is 0 Å². The molecule has 0 aliphatic heterocycles. The summed E-state index contributed by atoms with van der Waals surface area (Å²) in [5.74, 6) is -0.690. The molecule has 0 N–H and O–H groups in total. The molecule has 1 aromatic carbocycles. The maximum absolute atomic E-state index is 11.0. The molecule has 18 heavy (non-hydrogen) atoms. The molecule has 1 rings (SSSR count). The fraction of sp³-hybridized carbons (Fsp3) is 0.385. The van der Waals surface area contributed by atoms with E-state index in [1.165, 1.54) is 13.8 Å². The lowest BCUT2D eigenvalue weighted by Gasteiger charge is -2.16. The van der Waals surface area contributed by atoms with Crippen molar-refractivity contribution in [1.29, 1.82) is 0 Å². The van der Waals surface area contributed by atoms with Crippen LogP contribution in [0, 0.1) is 0 Å². The van der Waals surface area contributed by atoms with Crippen LogP contribution in [0.4, 0.5) is 0 Å². The third-order valence-electron chi connectivity index (χ3n) is 2.32. The summed E-state index contributed by atoms with van der Waals surface area (Å²) in [4.78, 5) is 21.8. The number of hydrogen-bond donors (Lipinski definition) is 0. The first kappa shape index (κ1) is 14.7. The summed E-state index contributed by atoms with van der Waals surface area (Å²) in [5, 5.41) is 0. The topological polar surface area (TPSA) is 52.6 Å². The predicted molar refractivity (Wildman–Crippen MR) is 69.8 cm³/mol. The van der Waals surface area contributed by atoms with E-state index in [4.69, 9.17) is 9.47 Å². The molecule has 0 bridgehead atoms. The molecule has 1 unspecified atom stereocenters. The summed E-state index contributed by atoms with van der Waals surface area (Å²) < 4.78 is 11.0. The van der Waals surface area contributed by atoms with Crippen LogP contribution in [0.5, 0.6) is 0 Å². The lowest BCUT2D eigenvalue weighted by atomic mass is 10.0. The van der Waals surface area contributed by atoms with Crippen LogP contribution >= 0.6 is 15.9 Å². The fourth-order valence-electron chi connectivity index (χ4n) is 1.59. The van der Waals surface area contributed by atoms with Crippen molar-refractivity contribution >= 4 is 27.9 Å². The number of carbonyl (C=O) groups is 2. The van der Waals surface area contributed by atoms with Gasteiger partial charge in [-0.15, -0.1) is 0 Å². The van der Waals surface area contributed by atoms with E-state index in [1.54, 1.807) is 6.92 Å². The maximum atomic E-state index is 11.0. The monoisotopic (exact) mass is 314 g/mol. The Bertz CT molecular complexity index is 456. The van der Waals surface area contributed by atoms with Gasteiger partial charge in [0.05, 0.1) is 0 Å². The van der Waals surface area contributed by atoms with Crippen molar-refractivity contribution in [1.82, 2.24) is 0 Å². The van der Waals surface area contributed by atoms with Crippen LogP contribution in [0.2, 0.25) is 0 Å². The Morgan fingerprint density at radius 1 is 1.28 bits per heavy atom. The Balaban J connectivity index is 2.94. The van der Waals surface area contributed by atoms with Crippen LogP contribution < -0.4 is 0 Å². The molecule has 0 amide bonds. The van der Waals surface area contributed by atoms with Gasteiger partial charge in [0.2, 0.25) is 0 Å². The Morgan fingerprint density at radius 2 is 1.94 bits per heavy atom. The van der Waals surface area contributed by atoms with Crippen molar-refractivity contribution in [3.8, 4) is 0 Å². The number of ether oxygens (including phenoxy) is 2. The number of esters is 2. The van der Waals surface area contributed by atoms with Crippen LogP contribution in [0.15, 0.2) is 22.7 Å². The second kappa shape index (κ2) is 6.54. The molecular formula is C13H15BrO4. The lowest BCUT2D eigenvalue weighted by Crippen LogP contribution is -2.09. The van der Waals surface area contributed by atoms with E-state index >= 15 is 0 Å². The third kappa shape index (κ3) is 4.49. The Morgan fingerprint density at radius 3 is 2.50 bits per heavy atom. The molecular weight excluding hydrogens is 300 g/mol. The van der Waals surface area contributed by atoms with Crippen molar-refractivity contribution < 1.29 is 19.1 Å². The molecule has 0 saturated carbocycles. The molecule has 1 aromatic rings. The third-order valence-corrected chi connectivity index (χ3v) is 2.81. The quantitative estimate of drug-likeness (QED) is 0.801. The highest BCUT2D eigenvalue weighted by atomic mass is 79.9. The van der Waals surface area contributed by atoms with E-state index in [0.29, 0.717) is 0 Å². The molecule has 4 nitrogen and oxygen atoms in total. The first-order valence-corrected chi connectivity index (χ1v) is 6.28. The van der Waals surface area contributed by atoms with Crippen LogP contribution in [0.3, 0.4) is 0 Å². The molecule has 0 radical (unpaired) electrons. The van der Waals surface area contributed by atoms with Crippen LogP contribution in [0.1, 0.15) is 38.0 Å². The molecule has 0 saturated heterocycles. The summed E-state index contributed by atoms with van der Waals surface area (Å²) in [6.07, 6.45) is -0.374. The predicted octanol–water partition coefficient (Wildman–Crippen LogP) is 3.14. The molecule has 0 heterocycles. The van der Waals surface area contributed by atoms with Crippen molar-refractivity contribution in [2.75, 3.05) is 0 Å². The zero-order chi connectivity index (χ0) is 13.7. The van der Waals surface area contributed by atoms with Gasteiger partial charge in [0.15, 0.2) is 0 Å². The van der Waals surface area contributed by atoms with E-state index < -0.39 is 0 Å². The lowest BCUT2D eigenvalue weighted by molar-refractivity contribution is -0.146. The van der Waals surface area contributed by atoms with Crippen molar-refractivity contribution in [2.24, 2.45) is 0 Å². The van der Waals surface area contributed by atoms with E-state index in [9.17, 15) is 9.59 Å². The normalized spacial score (nSPS) is 11.8. The number of hydrogen-bond acceptors (Lipinski definition) is 4. The van der Waals surface area contributed by atoms with Gasteiger partial charge in [0.25, 0.3) is 0 Å². The van der Waals surface area contributed by atoms with Gasteiger partial charge in [0, 0.05) is 18.3 Å². The summed E-state index contributed by atoms with van der Waals surface area (Å²) in [7, 11) is 0. The minimum Gasteiger partial charge on any atom is -0.461 e. The average Bonchev–Trinajstić information content (AvgIpc) is 2.25. The van der Waals surface area contributed by atoms with E-state index in [1.807, 2.05) is 18.2 Å². The second-order valence-corrected chi connectivity index (χ2v) is 4.79. The SMILES string of the molecule is CC(=O)OCc1cc(Br)ccc1C(C)OC(C)=O. The summed E-state index contributed by atoms with van der Waals surface area (Å²) >= 11 is 3.36. The molecule has 98 valence electrons. The van der Waals surface area contributed by atoms with Gasteiger partial charge in [-0.1, -0.05) is 22.0 Å². The van der Waals surface area contributed by atoms with E-state index in [0.717, 1.165) is 15.6 Å². The van der Waals surface area contributed by atoms with Gasteiger partial charge in [-0.3, -0.25) is 9.59 Å². The average molecular weight is 315 g/mol. The summed E-state index contributed by atoms with van der Waals surface area (Å²) in [6.45, 7) is 4.66. The van der Waals surface area contributed by atoms with Crippen LogP contribution in [-0.4, -0.2) is 11.9 Å². The van der Waals surface area contributed by atoms with Crippen molar-refractivity contribution in [3.63, 3.8) is 0 Å². The van der Waals surface area contributed by atoms with Gasteiger partial charge in [-0.2, -0.15) is 0 Å². The standard InChI is InChI=1S/C13H15BrO4/c1-8(18-10(3)16)13-5-4-12(14)6-11(13)7-17-9(2)15/h4-6,8H,7H2,1-3H3. The summed E-state index contributed by atoms with van der Waals surface area (Å²) in [5.41, 5.74) is 1.64. The van der Waals surface area contributed by atoms with E-state index in [-0.39, 0.29) is 24.6 Å². The maximum Gasteiger partial charge on any atom is 0.303 e. The molecule has 0 fully saturated rings.